The first-order valence-electron chi connectivity index (χ1n) is 11.3. The number of rotatable bonds is 6. The fourth-order valence-corrected chi connectivity index (χ4v) is 4.33. The molecule has 0 bridgehead atoms. The van der Waals surface area contributed by atoms with Crippen molar-refractivity contribution in [3.05, 3.63) is 59.7 Å². The third kappa shape index (κ3) is 5.32. The Hall–Kier alpha value is -3.24. The molecular weight excluding hydrogens is 402 g/mol. The number of nitriles is 1. The van der Waals surface area contributed by atoms with Crippen molar-refractivity contribution >= 4 is 11.7 Å². The molecule has 0 unspecified atom stereocenters. The number of carbonyl (C=O) groups excluding carboxylic acids is 1. The van der Waals surface area contributed by atoms with Crippen LogP contribution in [0.1, 0.15) is 17.5 Å². The van der Waals surface area contributed by atoms with E-state index in [-0.39, 0.29) is 12.1 Å². The van der Waals surface area contributed by atoms with Crippen LogP contribution in [0, 0.1) is 11.3 Å². The maximum absolute atomic E-state index is 13.1. The van der Waals surface area contributed by atoms with E-state index in [4.69, 9.17) is 10.00 Å². The molecule has 0 saturated carbocycles. The smallest absolute Gasteiger partial charge is 0.318 e. The Morgan fingerprint density at radius 3 is 2.69 bits per heavy atom. The van der Waals surface area contributed by atoms with Crippen LogP contribution >= 0.6 is 0 Å². The van der Waals surface area contributed by atoms with Gasteiger partial charge in [-0.05, 0) is 24.7 Å². The SMILES string of the molecule is CN1CCN(c2cccc3c2C[C@H](NC(=O)N(CCC#N)Cc2ccccc2)CO3)CC1. The van der Waals surface area contributed by atoms with Crippen LogP contribution in [-0.4, -0.2) is 68.3 Å². The summed E-state index contributed by atoms with van der Waals surface area (Å²) in [5.74, 6) is 0.914. The molecule has 2 aliphatic heterocycles. The lowest BCUT2D eigenvalue weighted by Crippen LogP contribution is -2.49. The lowest BCUT2D eigenvalue weighted by molar-refractivity contribution is 0.179. The molecule has 1 N–H and O–H groups in total. The fourth-order valence-electron chi connectivity index (χ4n) is 4.33. The van der Waals surface area contributed by atoms with Crippen LogP contribution < -0.4 is 15.0 Å². The Balaban J connectivity index is 1.44. The predicted molar refractivity (Wildman–Crippen MR) is 125 cm³/mol. The van der Waals surface area contributed by atoms with Crippen molar-refractivity contribution in [1.29, 1.82) is 5.26 Å². The van der Waals surface area contributed by atoms with Gasteiger partial charge in [0.25, 0.3) is 0 Å². The minimum atomic E-state index is -0.154. The minimum Gasteiger partial charge on any atom is -0.491 e. The first kappa shape index (κ1) is 22.0. The summed E-state index contributed by atoms with van der Waals surface area (Å²) in [7, 11) is 2.15. The highest BCUT2D eigenvalue weighted by molar-refractivity contribution is 5.75. The molecule has 2 aromatic carbocycles. The zero-order valence-electron chi connectivity index (χ0n) is 18.7. The minimum absolute atomic E-state index is 0.107. The van der Waals surface area contributed by atoms with Gasteiger partial charge < -0.3 is 24.8 Å². The van der Waals surface area contributed by atoms with Gasteiger partial charge in [0.1, 0.15) is 12.4 Å². The van der Waals surface area contributed by atoms with Gasteiger partial charge in [0.15, 0.2) is 0 Å². The lowest BCUT2D eigenvalue weighted by Gasteiger charge is -2.37. The highest BCUT2D eigenvalue weighted by atomic mass is 16.5. The molecule has 7 nitrogen and oxygen atoms in total. The van der Waals surface area contributed by atoms with Crippen LogP contribution in [0.5, 0.6) is 5.75 Å². The number of benzene rings is 2. The molecule has 0 aliphatic carbocycles. The topological polar surface area (TPSA) is 71.8 Å². The molecule has 0 aromatic heterocycles. The van der Waals surface area contributed by atoms with Crippen molar-refractivity contribution in [3.8, 4) is 11.8 Å². The van der Waals surface area contributed by atoms with Crippen molar-refractivity contribution in [1.82, 2.24) is 15.1 Å². The van der Waals surface area contributed by atoms with Crippen molar-refractivity contribution in [2.45, 2.75) is 25.4 Å². The predicted octanol–water partition coefficient (Wildman–Crippen LogP) is 2.87. The van der Waals surface area contributed by atoms with E-state index in [0.29, 0.717) is 26.1 Å². The van der Waals surface area contributed by atoms with Gasteiger partial charge in [-0.3, -0.25) is 0 Å². The number of fused-ring (bicyclic) bond motifs is 1. The standard InChI is InChI=1S/C25H31N5O2/c1-28-13-15-29(16-14-28)23-9-5-10-24-22(23)17-21(19-32-24)27-25(31)30(12-6-11-26)18-20-7-3-2-4-8-20/h2-5,7-10,21H,6,12-19H2,1H3,(H,27,31)/t21-/m0/s1. The van der Waals surface area contributed by atoms with Crippen molar-refractivity contribution in [2.24, 2.45) is 0 Å². The van der Waals surface area contributed by atoms with Gasteiger partial charge in [-0.2, -0.15) is 5.26 Å². The number of amides is 2. The van der Waals surface area contributed by atoms with E-state index < -0.39 is 0 Å². The van der Waals surface area contributed by atoms with Crippen LogP contribution in [0.2, 0.25) is 0 Å². The number of urea groups is 1. The van der Waals surface area contributed by atoms with Gasteiger partial charge in [-0.1, -0.05) is 36.4 Å². The van der Waals surface area contributed by atoms with Crippen molar-refractivity contribution in [3.63, 3.8) is 0 Å². The third-order valence-electron chi connectivity index (χ3n) is 6.17. The van der Waals surface area contributed by atoms with E-state index in [1.54, 1.807) is 4.90 Å². The Bertz CT molecular complexity index is 951. The normalized spacial score (nSPS) is 18.2. The van der Waals surface area contributed by atoms with Gasteiger partial charge >= 0.3 is 6.03 Å². The summed E-state index contributed by atoms with van der Waals surface area (Å²) in [5.41, 5.74) is 3.42. The number of piperazine rings is 1. The zero-order chi connectivity index (χ0) is 22.3. The number of nitrogens with one attached hydrogen (secondary N) is 1. The molecule has 1 atom stereocenters. The number of nitrogens with zero attached hydrogens (tertiary/aromatic N) is 4. The molecule has 1 saturated heterocycles. The molecule has 2 aromatic rings. The molecule has 2 aliphatic rings. The number of likely N-dealkylation sites (N-methyl/N-ethyl adjacent to an activating group) is 1. The summed E-state index contributed by atoms with van der Waals surface area (Å²) in [6, 6.07) is 18.0. The van der Waals surface area contributed by atoms with E-state index in [9.17, 15) is 4.79 Å². The Kier molecular flexibility index (Phi) is 7.13. The van der Waals surface area contributed by atoms with Crippen molar-refractivity contribution < 1.29 is 9.53 Å². The molecule has 4 rings (SSSR count). The van der Waals surface area contributed by atoms with Crippen molar-refractivity contribution in [2.75, 3.05) is 51.3 Å². The van der Waals surface area contributed by atoms with E-state index in [0.717, 1.165) is 43.9 Å². The number of ether oxygens (including phenoxy) is 1. The van der Waals surface area contributed by atoms with Gasteiger partial charge in [0.05, 0.1) is 18.5 Å². The van der Waals surface area contributed by atoms with Crippen LogP contribution in [0.15, 0.2) is 48.5 Å². The van der Waals surface area contributed by atoms with Gasteiger partial charge in [-0.15, -0.1) is 0 Å². The molecule has 2 heterocycles. The lowest BCUT2D eigenvalue weighted by atomic mass is 9.99. The van der Waals surface area contributed by atoms with E-state index in [1.165, 1.54) is 11.3 Å². The van der Waals surface area contributed by atoms with Crippen LogP contribution in [0.25, 0.3) is 0 Å². The van der Waals surface area contributed by atoms with Gasteiger partial charge in [-0.25, -0.2) is 4.79 Å². The summed E-state index contributed by atoms with van der Waals surface area (Å²) in [4.78, 5) is 19.6. The number of hydrogen-bond acceptors (Lipinski definition) is 5. The second-order valence-corrected chi connectivity index (χ2v) is 8.52. The average Bonchev–Trinajstić information content (AvgIpc) is 2.82. The Morgan fingerprint density at radius 2 is 1.94 bits per heavy atom. The second-order valence-electron chi connectivity index (χ2n) is 8.52. The van der Waals surface area contributed by atoms with E-state index >= 15 is 0 Å². The fraction of sp³-hybridized carbons (Fsp3) is 0.440. The molecule has 0 spiro atoms. The highest BCUT2D eigenvalue weighted by Gasteiger charge is 2.27. The average molecular weight is 434 g/mol. The summed E-state index contributed by atoms with van der Waals surface area (Å²) in [5, 5.41) is 12.2. The van der Waals surface area contributed by atoms with E-state index in [1.807, 2.05) is 36.4 Å². The summed E-state index contributed by atoms with van der Waals surface area (Å²) in [6.45, 7) is 5.38. The zero-order valence-corrected chi connectivity index (χ0v) is 18.7. The molecule has 1 fully saturated rings. The number of anilines is 1. The number of hydrogen-bond donors (Lipinski definition) is 1. The largest absolute Gasteiger partial charge is 0.491 e. The number of carbonyl (C=O) groups is 1. The Labute approximate surface area is 190 Å². The monoisotopic (exact) mass is 433 g/mol. The first-order chi connectivity index (χ1) is 15.6. The third-order valence-corrected chi connectivity index (χ3v) is 6.17. The van der Waals surface area contributed by atoms with Crippen LogP contribution in [0.4, 0.5) is 10.5 Å². The molecular formula is C25H31N5O2. The molecule has 168 valence electrons. The van der Waals surface area contributed by atoms with Crippen LogP contribution in [-0.2, 0) is 13.0 Å². The first-order valence-corrected chi connectivity index (χ1v) is 11.3. The highest BCUT2D eigenvalue weighted by Crippen LogP contribution is 2.34. The Morgan fingerprint density at radius 1 is 1.16 bits per heavy atom. The second kappa shape index (κ2) is 10.4. The molecule has 0 radical (unpaired) electrons. The molecule has 7 heteroatoms. The quantitative estimate of drug-likeness (QED) is 0.759. The van der Waals surface area contributed by atoms with E-state index in [2.05, 4.69) is 40.4 Å². The molecule has 32 heavy (non-hydrogen) atoms. The van der Waals surface area contributed by atoms with Gasteiger partial charge in [0, 0.05) is 56.9 Å². The molecule has 2 amide bonds. The van der Waals surface area contributed by atoms with Crippen LogP contribution in [0.3, 0.4) is 0 Å². The summed E-state index contributed by atoms with van der Waals surface area (Å²) in [6.07, 6.45) is 1.04. The maximum Gasteiger partial charge on any atom is 0.318 e. The van der Waals surface area contributed by atoms with Gasteiger partial charge in [0.2, 0.25) is 0 Å². The summed E-state index contributed by atoms with van der Waals surface area (Å²) < 4.78 is 6.05. The summed E-state index contributed by atoms with van der Waals surface area (Å²) >= 11 is 0. The maximum atomic E-state index is 13.1.